The van der Waals surface area contributed by atoms with E-state index in [2.05, 4.69) is 5.32 Å². The van der Waals surface area contributed by atoms with Crippen LogP contribution in [0.1, 0.15) is 26.2 Å². The molecule has 0 spiro atoms. The number of carboxylic acid groups (broad SMARTS) is 2. The monoisotopic (exact) mass is 339 g/mol. The Morgan fingerprint density at radius 1 is 1.33 bits per heavy atom. The zero-order valence-corrected chi connectivity index (χ0v) is 13.8. The van der Waals surface area contributed by atoms with Gasteiger partial charge in [0.25, 0.3) is 0 Å². The number of aliphatic carboxylic acids is 2. The third-order valence-corrected chi connectivity index (χ3v) is 3.98. The van der Waals surface area contributed by atoms with Crippen molar-refractivity contribution in [2.45, 2.75) is 44.3 Å². The van der Waals surface area contributed by atoms with Crippen LogP contribution in [-0.2, 0) is 19.2 Å². The van der Waals surface area contributed by atoms with Gasteiger partial charge in [-0.3, -0.25) is 19.3 Å². The number of ketones is 1. The van der Waals surface area contributed by atoms with Gasteiger partial charge in [0, 0.05) is 19.0 Å². The summed E-state index contributed by atoms with van der Waals surface area (Å²) in [6, 6.07) is -2.11. The van der Waals surface area contributed by atoms with Crippen LogP contribution in [-0.4, -0.2) is 89.8 Å². The normalized spacial score (nSPS) is 22.3. The van der Waals surface area contributed by atoms with Gasteiger partial charge in [0.2, 0.25) is 5.91 Å². The summed E-state index contributed by atoms with van der Waals surface area (Å²) in [7, 11) is 7.59. The molecule has 1 fully saturated rings. The summed E-state index contributed by atoms with van der Waals surface area (Å²) in [6.07, 6.45) is -0.211. The zero-order valence-electron chi connectivity index (χ0n) is 13.8. The van der Waals surface area contributed by atoms with Crippen molar-refractivity contribution in [3.8, 4) is 0 Å². The molecule has 0 bridgehead atoms. The predicted octanol–water partition coefficient (Wildman–Crippen LogP) is -1.53. The molecule has 9 nitrogen and oxygen atoms in total. The Kier molecular flexibility index (Phi) is 7.36. The van der Waals surface area contributed by atoms with Crippen LogP contribution in [0.5, 0.6) is 0 Å². The molecule has 0 aromatic heterocycles. The van der Waals surface area contributed by atoms with Gasteiger partial charge in [0.05, 0.1) is 12.6 Å². The average Bonchev–Trinajstić information content (AvgIpc) is 2.84. The standard InChI is InChI=1S/C14H22BN3O6/c1-8(19)6-17(2)9-5-11(18(15)7-9)13(22)16-10(14(23)24)3-4-12(20)21/h9-11H,3-7H2,1-2H3,(H,16,22)(H,20,21)(H,23,24). The van der Waals surface area contributed by atoms with E-state index in [9.17, 15) is 19.2 Å². The van der Waals surface area contributed by atoms with Gasteiger partial charge in [0.15, 0.2) is 7.98 Å². The van der Waals surface area contributed by atoms with E-state index in [1.807, 2.05) is 0 Å². The summed E-state index contributed by atoms with van der Waals surface area (Å²) in [5, 5.41) is 20.1. The number of hydrogen-bond donors (Lipinski definition) is 3. The molecule has 1 amide bonds. The number of carboxylic acids is 2. The van der Waals surface area contributed by atoms with E-state index in [0.717, 1.165) is 0 Å². The number of rotatable bonds is 9. The Morgan fingerprint density at radius 3 is 2.46 bits per heavy atom. The first-order valence-corrected chi connectivity index (χ1v) is 7.57. The van der Waals surface area contributed by atoms with E-state index < -0.39 is 29.9 Å². The van der Waals surface area contributed by atoms with E-state index in [1.165, 1.54) is 11.7 Å². The summed E-state index contributed by atoms with van der Waals surface area (Å²) in [5.74, 6) is -3.00. The van der Waals surface area contributed by atoms with E-state index in [4.69, 9.17) is 18.2 Å². The highest BCUT2D eigenvalue weighted by Gasteiger charge is 2.37. The lowest BCUT2D eigenvalue weighted by molar-refractivity contribution is -0.143. The first-order chi connectivity index (χ1) is 11.1. The average molecular weight is 339 g/mol. The third kappa shape index (κ3) is 5.93. The molecule has 1 rings (SSSR count). The minimum atomic E-state index is -1.29. The molecule has 3 atom stereocenters. The van der Waals surface area contributed by atoms with Crippen LogP contribution in [0, 0.1) is 0 Å². The van der Waals surface area contributed by atoms with Crippen molar-refractivity contribution in [3.05, 3.63) is 0 Å². The second kappa shape index (κ2) is 8.79. The summed E-state index contributed by atoms with van der Waals surface area (Å²) >= 11 is 0. The number of likely N-dealkylation sites (N-methyl/N-ethyl adjacent to an activating group) is 1. The minimum Gasteiger partial charge on any atom is -0.481 e. The first kappa shape index (κ1) is 20.1. The van der Waals surface area contributed by atoms with Crippen molar-refractivity contribution in [3.63, 3.8) is 0 Å². The predicted molar refractivity (Wildman–Crippen MR) is 84.4 cm³/mol. The second-order valence-electron chi connectivity index (χ2n) is 6.05. The van der Waals surface area contributed by atoms with Gasteiger partial charge in [-0.2, -0.15) is 0 Å². The van der Waals surface area contributed by atoms with E-state index in [-0.39, 0.29) is 31.2 Å². The Balaban J connectivity index is 2.64. The Morgan fingerprint density at radius 2 is 1.96 bits per heavy atom. The third-order valence-electron chi connectivity index (χ3n) is 3.98. The molecule has 1 aliphatic rings. The lowest BCUT2D eigenvalue weighted by Crippen LogP contribution is -2.49. The topological polar surface area (TPSA) is 127 Å². The smallest absolute Gasteiger partial charge is 0.326 e. The number of nitrogens with zero attached hydrogens (tertiary/aromatic N) is 2. The number of hydrogen-bond acceptors (Lipinski definition) is 6. The largest absolute Gasteiger partial charge is 0.481 e. The SMILES string of the molecule is [B]N1CC(N(C)CC(C)=O)CC1C(=O)NC(CCC(=O)O)C(=O)O. The lowest BCUT2D eigenvalue weighted by atomic mass is 10.1. The Bertz CT molecular complexity index is 515. The Hall–Kier alpha value is -1.94. The van der Waals surface area contributed by atoms with Crippen LogP contribution in [0.2, 0.25) is 0 Å². The van der Waals surface area contributed by atoms with Crippen LogP contribution in [0.15, 0.2) is 0 Å². The number of Topliss-reactive ketones (excluding diaryl/α,β-unsaturated/α-hetero) is 1. The summed E-state index contributed by atoms with van der Waals surface area (Å²) < 4.78 is 0. The van der Waals surface area contributed by atoms with E-state index >= 15 is 0 Å². The highest BCUT2D eigenvalue weighted by Crippen LogP contribution is 2.20. The molecule has 3 unspecified atom stereocenters. The maximum Gasteiger partial charge on any atom is 0.326 e. The maximum atomic E-state index is 12.3. The molecule has 10 heteroatoms. The molecule has 1 heterocycles. The van der Waals surface area contributed by atoms with Crippen molar-refractivity contribution in [1.29, 1.82) is 0 Å². The minimum absolute atomic E-state index is 0.00594. The van der Waals surface area contributed by atoms with Gasteiger partial charge >= 0.3 is 11.9 Å². The van der Waals surface area contributed by atoms with Crippen molar-refractivity contribution < 1.29 is 29.4 Å². The molecule has 0 aliphatic carbocycles. The van der Waals surface area contributed by atoms with Crippen molar-refractivity contribution in [2.24, 2.45) is 0 Å². The summed E-state index contributed by atoms with van der Waals surface area (Å²) in [5.41, 5.74) is 0. The first-order valence-electron chi connectivity index (χ1n) is 7.57. The number of carbonyl (C=O) groups excluding carboxylic acids is 2. The highest BCUT2D eigenvalue weighted by atomic mass is 16.4. The van der Waals surface area contributed by atoms with Gasteiger partial charge in [-0.25, -0.2) is 4.79 Å². The van der Waals surface area contributed by atoms with Gasteiger partial charge < -0.3 is 20.3 Å². The molecule has 2 radical (unpaired) electrons. The van der Waals surface area contributed by atoms with Crippen LogP contribution in [0.25, 0.3) is 0 Å². The highest BCUT2D eigenvalue weighted by molar-refractivity contribution is 6.07. The van der Waals surface area contributed by atoms with Crippen LogP contribution in [0.3, 0.4) is 0 Å². The van der Waals surface area contributed by atoms with Gasteiger partial charge in [-0.1, -0.05) is 0 Å². The number of nitrogens with one attached hydrogen (secondary N) is 1. The summed E-state index contributed by atoms with van der Waals surface area (Å²) in [4.78, 5) is 48.3. The molecule has 132 valence electrons. The number of carbonyl (C=O) groups is 4. The second-order valence-corrected chi connectivity index (χ2v) is 6.05. The molecular formula is C14H22BN3O6. The van der Waals surface area contributed by atoms with Crippen LogP contribution >= 0.6 is 0 Å². The van der Waals surface area contributed by atoms with Crippen molar-refractivity contribution in [2.75, 3.05) is 20.1 Å². The van der Waals surface area contributed by atoms with Crippen LogP contribution < -0.4 is 5.32 Å². The Labute approximate surface area is 141 Å². The molecule has 0 saturated carbocycles. The molecule has 3 N–H and O–H groups in total. The molecule has 0 aromatic rings. The van der Waals surface area contributed by atoms with Crippen LogP contribution in [0.4, 0.5) is 0 Å². The molecule has 24 heavy (non-hydrogen) atoms. The molecule has 1 saturated heterocycles. The van der Waals surface area contributed by atoms with Gasteiger partial charge in [0.1, 0.15) is 11.8 Å². The maximum absolute atomic E-state index is 12.3. The fourth-order valence-corrected chi connectivity index (χ4v) is 2.69. The lowest BCUT2D eigenvalue weighted by Gasteiger charge is -2.22. The van der Waals surface area contributed by atoms with Gasteiger partial charge in [-0.15, -0.1) is 0 Å². The zero-order chi connectivity index (χ0) is 18.4. The number of amides is 1. The molecule has 0 aromatic carbocycles. The fourth-order valence-electron chi connectivity index (χ4n) is 2.69. The van der Waals surface area contributed by atoms with Crippen molar-refractivity contribution in [1.82, 2.24) is 15.0 Å². The van der Waals surface area contributed by atoms with Crippen molar-refractivity contribution >= 4 is 31.6 Å². The van der Waals surface area contributed by atoms with Gasteiger partial charge in [-0.05, 0) is 26.8 Å². The fraction of sp³-hybridized carbons (Fsp3) is 0.714. The summed E-state index contributed by atoms with van der Waals surface area (Å²) in [6.45, 7) is 2.08. The quantitative estimate of drug-likeness (QED) is 0.432. The van der Waals surface area contributed by atoms with E-state index in [0.29, 0.717) is 13.0 Å². The molecule has 1 aliphatic heterocycles. The van der Waals surface area contributed by atoms with E-state index in [1.54, 1.807) is 11.9 Å². The molecular weight excluding hydrogens is 317 g/mol.